The Morgan fingerprint density at radius 1 is 1.33 bits per heavy atom. The third-order valence-electron chi connectivity index (χ3n) is 2.64. The normalized spacial score (nSPS) is 12.4. The van der Waals surface area contributed by atoms with Gasteiger partial charge in [0.1, 0.15) is 0 Å². The SMILES string of the molecule is CCC(C(=O)NCC(C)(C)N)c1ccccc1.Cl. The Balaban J connectivity index is 0.00000289. The van der Waals surface area contributed by atoms with Gasteiger partial charge in [-0.1, -0.05) is 37.3 Å². The third-order valence-corrected chi connectivity index (χ3v) is 2.64. The Morgan fingerprint density at radius 2 is 1.89 bits per heavy atom. The van der Waals surface area contributed by atoms with E-state index >= 15 is 0 Å². The molecule has 0 aliphatic rings. The van der Waals surface area contributed by atoms with Crippen molar-refractivity contribution in [2.75, 3.05) is 6.54 Å². The molecule has 0 aromatic heterocycles. The first-order valence-electron chi connectivity index (χ1n) is 6.05. The summed E-state index contributed by atoms with van der Waals surface area (Å²) < 4.78 is 0. The zero-order chi connectivity index (χ0) is 12.9. The standard InChI is InChI=1S/C14H22N2O.ClH/c1-4-12(11-8-6-5-7-9-11)13(17)16-10-14(2,3)15;/h5-9,12H,4,10,15H2,1-3H3,(H,16,17);1H. The highest BCUT2D eigenvalue weighted by atomic mass is 35.5. The van der Waals surface area contributed by atoms with Gasteiger partial charge in [-0.25, -0.2) is 0 Å². The van der Waals surface area contributed by atoms with E-state index in [4.69, 9.17) is 5.73 Å². The molecule has 1 amide bonds. The van der Waals surface area contributed by atoms with Gasteiger partial charge in [0.2, 0.25) is 5.91 Å². The van der Waals surface area contributed by atoms with Crippen molar-refractivity contribution in [3.63, 3.8) is 0 Å². The number of hydrogen-bond acceptors (Lipinski definition) is 2. The Labute approximate surface area is 116 Å². The number of benzene rings is 1. The van der Waals surface area contributed by atoms with Crippen LogP contribution in [0.15, 0.2) is 30.3 Å². The second-order valence-corrected chi connectivity index (χ2v) is 5.08. The minimum atomic E-state index is -0.370. The Morgan fingerprint density at radius 3 is 2.33 bits per heavy atom. The van der Waals surface area contributed by atoms with Crippen LogP contribution >= 0.6 is 12.4 Å². The van der Waals surface area contributed by atoms with Crippen LogP contribution in [0.25, 0.3) is 0 Å². The quantitative estimate of drug-likeness (QED) is 0.864. The fraction of sp³-hybridized carbons (Fsp3) is 0.500. The van der Waals surface area contributed by atoms with E-state index in [2.05, 4.69) is 5.32 Å². The molecule has 0 saturated heterocycles. The highest BCUT2D eigenvalue weighted by Crippen LogP contribution is 2.19. The van der Waals surface area contributed by atoms with Crippen molar-refractivity contribution in [3.8, 4) is 0 Å². The van der Waals surface area contributed by atoms with E-state index in [0.717, 1.165) is 12.0 Å². The van der Waals surface area contributed by atoms with E-state index in [1.54, 1.807) is 0 Å². The molecule has 18 heavy (non-hydrogen) atoms. The lowest BCUT2D eigenvalue weighted by Crippen LogP contribution is -2.46. The average Bonchev–Trinajstić information content (AvgIpc) is 2.28. The van der Waals surface area contributed by atoms with E-state index in [0.29, 0.717) is 6.54 Å². The molecule has 3 N–H and O–H groups in total. The van der Waals surface area contributed by atoms with Gasteiger partial charge in [-0.05, 0) is 25.8 Å². The molecule has 1 unspecified atom stereocenters. The molecule has 4 heteroatoms. The smallest absolute Gasteiger partial charge is 0.227 e. The second-order valence-electron chi connectivity index (χ2n) is 5.08. The van der Waals surface area contributed by atoms with Crippen molar-refractivity contribution in [2.24, 2.45) is 5.73 Å². The first-order valence-corrected chi connectivity index (χ1v) is 6.05. The molecular formula is C14H23ClN2O. The van der Waals surface area contributed by atoms with E-state index in [1.807, 2.05) is 51.1 Å². The highest BCUT2D eigenvalue weighted by Gasteiger charge is 2.20. The number of halogens is 1. The molecule has 1 atom stereocenters. The lowest BCUT2D eigenvalue weighted by atomic mass is 9.95. The number of amides is 1. The van der Waals surface area contributed by atoms with Crippen LogP contribution in [0, 0.1) is 0 Å². The van der Waals surface area contributed by atoms with Gasteiger partial charge >= 0.3 is 0 Å². The second kappa shape index (κ2) is 7.39. The van der Waals surface area contributed by atoms with Gasteiger partial charge in [0.15, 0.2) is 0 Å². The van der Waals surface area contributed by atoms with Crippen molar-refractivity contribution in [1.82, 2.24) is 5.32 Å². The van der Waals surface area contributed by atoms with E-state index in [9.17, 15) is 4.79 Å². The van der Waals surface area contributed by atoms with Crippen LogP contribution in [0.3, 0.4) is 0 Å². The van der Waals surface area contributed by atoms with Crippen LogP contribution in [0.2, 0.25) is 0 Å². The summed E-state index contributed by atoms with van der Waals surface area (Å²) in [5.41, 5.74) is 6.54. The van der Waals surface area contributed by atoms with Crippen LogP contribution in [0.1, 0.15) is 38.7 Å². The molecule has 0 radical (unpaired) electrons. The van der Waals surface area contributed by atoms with Crippen molar-refractivity contribution in [2.45, 2.75) is 38.6 Å². The summed E-state index contributed by atoms with van der Waals surface area (Å²) in [6, 6.07) is 9.84. The molecule has 0 spiro atoms. The molecule has 0 fully saturated rings. The fourth-order valence-corrected chi connectivity index (χ4v) is 1.70. The lowest BCUT2D eigenvalue weighted by Gasteiger charge is -2.22. The maximum Gasteiger partial charge on any atom is 0.227 e. The first kappa shape index (κ1) is 16.9. The number of carbonyl (C=O) groups is 1. The van der Waals surface area contributed by atoms with Crippen LogP contribution in [-0.2, 0) is 4.79 Å². The van der Waals surface area contributed by atoms with Gasteiger partial charge in [0, 0.05) is 12.1 Å². The Bertz CT molecular complexity index is 360. The van der Waals surface area contributed by atoms with Gasteiger partial charge < -0.3 is 11.1 Å². The predicted molar refractivity (Wildman–Crippen MR) is 78.0 cm³/mol. The summed E-state index contributed by atoms with van der Waals surface area (Å²) in [6.07, 6.45) is 0.793. The molecule has 0 heterocycles. The molecule has 1 aromatic carbocycles. The molecule has 102 valence electrons. The monoisotopic (exact) mass is 270 g/mol. The van der Waals surface area contributed by atoms with Gasteiger partial charge in [0.25, 0.3) is 0 Å². The maximum atomic E-state index is 12.1. The van der Waals surface area contributed by atoms with Crippen molar-refractivity contribution >= 4 is 18.3 Å². The van der Waals surface area contributed by atoms with E-state index in [-0.39, 0.29) is 29.8 Å². The minimum Gasteiger partial charge on any atom is -0.354 e. The summed E-state index contributed by atoms with van der Waals surface area (Å²) in [4.78, 5) is 12.1. The molecular weight excluding hydrogens is 248 g/mol. The number of carbonyl (C=O) groups excluding carboxylic acids is 1. The zero-order valence-electron chi connectivity index (χ0n) is 11.3. The summed E-state index contributed by atoms with van der Waals surface area (Å²) in [6.45, 7) is 6.31. The van der Waals surface area contributed by atoms with E-state index < -0.39 is 0 Å². The van der Waals surface area contributed by atoms with Gasteiger partial charge in [-0.15, -0.1) is 12.4 Å². The molecule has 0 saturated carbocycles. The topological polar surface area (TPSA) is 55.1 Å². The first-order chi connectivity index (χ1) is 7.94. The van der Waals surface area contributed by atoms with E-state index in [1.165, 1.54) is 0 Å². The molecule has 1 aromatic rings. The lowest BCUT2D eigenvalue weighted by molar-refractivity contribution is -0.122. The summed E-state index contributed by atoms with van der Waals surface area (Å²) in [7, 11) is 0. The molecule has 3 nitrogen and oxygen atoms in total. The third kappa shape index (κ3) is 5.52. The van der Waals surface area contributed by atoms with Crippen LogP contribution in [0.4, 0.5) is 0 Å². The van der Waals surface area contributed by atoms with Gasteiger partial charge in [0.05, 0.1) is 5.92 Å². The van der Waals surface area contributed by atoms with Crippen molar-refractivity contribution < 1.29 is 4.79 Å². The number of nitrogens with two attached hydrogens (primary N) is 1. The molecule has 0 aliphatic carbocycles. The minimum absolute atomic E-state index is 0. The number of hydrogen-bond donors (Lipinski definition) is 2. The Kier molecular flexibility index (Phi) is 6.96. The molecule has 0 aliphatic heterocycles. The van der Waals surface area contributed by atoms with Gasteiger partial charge in [-0.2, -0.15) is 0 Å². The van der Waals surface area contributed by atoms with Crippen LogP contribution in [-0.4, -0.2) is 18.0 Å². The summed E-state index contributed by atoms with van der Waals surface area (Å²) in [5.74, 6) is -0.0317. The molecule has 0 bridgehead atoms. The summed E-state index contributed by atoms with van der Waals surface area (Å²) >= 11 is 0. The maximum absolute atomic E-state index is 12.1. The summed E-state index contributed by atoms with van der Waals surface area (Å²) in [5, 5.41) is 2.91. The fourth-order valence-electron chi connectivity index (χ4n) is 1.70. The van der Waals surface area contributed by atoms with Crippen LogP contribution in [0.5, 0.6) is 0 Å². The highest BCUT2D eigenvalue weighted by molar-refractivity contribution is 5.85. The zero-order valence-corrected chi connectivity index (χ0v) is 12.1. The largest absolute Gasteiger partial charge is 0.354 e. The predicted octanol–water partition coefficient (Wildman–Crippen LogP) is 2.46. The van der Waals surface area contributed by atoms with Gasteiger partial charge in [-0.3, -0.25) is 4.79 Å². The average molecular weight is 271 g/mol. The van der Waals surface area contributed by atoms with Crippen LogP contribution < -0.4 is 11.1 Å². The molecule has 1 rings (SSSR count). The number of rotatable bonds is 5. The van der Waals surface area contributed by atoms with Crippen molar-refractivity contribution in [3.05, 3.63) is 35.9 Å². The number of nitrogens with one attached hydrogen (secondary N) is 1. The Hall–Kier alpha value is -1.06. The van der Waals surface area contributed by atoms with Crippen molar-refractivity contribution in [1.29, 1.82) is 0 Å².